The summed E-state index contributed by atoms with van der Waals surface area (Å²) < 4.78 is 0. The van der Waals surface area contributed by atoms with Crippen LogP contribution < -0.4 is 10.2 Å². The Hall–Kier alpha value is -1.64. The fraction of sp³-hybridized carbons (Fsp3) is 0.579. The predicted molar refractivity (Wildman–Crippen MR) is 102 cm³/mol. The molecule has 4 rings (SSSR count). The lowest BCUT2D eigenvalue weighted by molar-refractivity contribution is -0.130. The van der Waals surface area contributed by atoms with Crippen LogP contribution >= 0.6 is 23.2 Å². The van der Waals surface area contributed by atoms with Crippen LogP contribution in [0.2, 0.25) is 10.0 Å². The Labute approximate surface area is 163 Å². The molecule has 0 spiro atoms. The van der Waals surface area contributed by atoms with E-state index in [2.05, 4.69) is 16.4 Å². The lowest BCUT2D eigenvalue weighted by Crippen LogP contribution is -2.49. The van der Waals surface area contributed by atoms with E-state index in [0.717, 1.165) is 37.9 Å². The molecule has 3 aliphatic heterocycles. The number of fused-ring (bicyclic) bond motifs is 2. The van der Waals surface area contributed by atoms with Gasteiger partial charge in [0, 0.05) is 34.9 Å². The quantitative estimate of drug-likeness (QED) is 0.800. The van der Waals surface area contributed by atoms with Crippen LogP contribution in [0.15, 0.2) is 18.2 Å². The van der Waals surface area contributed by atoms with Crippen LogP contribution in [-0.2, 0) is 4.79 Å². The molecule has 1 aromatic rings. The maximum Gasteiger partial charge on any atom is 0.228 e. The zero-order chi connectivity index (χ0) is 18.5. The van der Waals surface area contributed by atoms with Gasteiger partial charge in [0.25, 0.3) is 0 Å². The van der Waals surface area contributed by atoms with Crippen molar-refractivity contribution in [3.05, 3.63) is 28.2 Å². The number of hydrogen-bond acceptors (Lipinski definition) is 4. The van der Waals surface area contributed by atoms with Crippen LogP contribution in [0.1, 0.15) is 32.6 Å². The molecular weight excluding hydrogens is 371 g/mol. The van der Waals surface area contributed by atoms with Crippen molar-refractivity contribution in [2.75, 3.05) is 18.0 Å². The highest BCUT2D eigenvalue weighted by atomic mass is 35.5. The van der Waals surface area contributed by atoms with Gasteiger partial charge in [0.05, 0.1) is 17.5 Å². The van der Waals surface area contributed by atoms with Gasteiger partial charge < -0.3 is 15.1 Å². The third-order valence-electron chi connectivity index (χ3n) is 6.20. The normalized spacial score (nSPS) is 32.8. The third kappa shape index (κ3) is 3.00. The summed E-state index contributed by atoms with van der Waals surface area (Å²) in [5.74, 6) is 0.0866. The van der Waals surface area contributed by atoms with E-state index in [1.54, 1.807) is 6.07 Å². The molecule has 1 amide bonds. The zero-order valence-electron chi connectivity index (χ0n) is 14.7. The highest BCUT2D eigenvalue weighted by Gasteiger charge is 2.49. The van der Waals surface area contributed by atoms with E-state index < -0.39 is 5.41 Å². The summed E-state index contributed by atoms with van der Waals surface area (Å²) in [4.78, 5) is 17.1. The van der Waals surface area contributed by atoms with Gasteiger partial charge in [0.1, 0.15) is 0 Å². The topological polar surface area (TPSA) is 59.4 Å². The summed E-state index contributed by atoms with van der Waals surface area (Å²) >= 11 is 12.2. The highest BCUT2D eigenvalue weighted by molar-refractivity contribution is 6.35. The van der Waals surface area contributed by atoms with Crippen molar-refractivity contribution in [3.8, 4) is 6.19 Å². The highest BCUT2D eigenvalue weighted by Crippen LogP contribution is 2.39. The van der Waals surface area contributed by atoms with E-state index in [1.165, 1.54) is 0 Å². The molecular formula is C19H22Cl2N4O. The first-order valence-electron chi connectivity index (χ1n) is 9.10. The molecule has 3 heterocycles. The van der Waals surface area contributed by atoms with Gasteiger partial charge in [-0.15, -0.1) is 0 Å². The molecule has 2 bridgehead atoms. The second kappa shape index (κ2) is 6.51. The van der Waals surface area contributed by atoms with Crippen molar-refractivity contribution in [2.45, 2.75) is 50.7 Å². The van der Waals surface area contributed by atoms with E-state index in [0.29, 0.717) is 22.6 Å². The lowest BCUT2D eigenvalue weighted by atomic mass is 9.87. The lowest BCUT2D eigenvalue weighted by Gasteiger charge is -2.29. The molecule has 0 saturated carbocycles. The summed E-state index contributed by atoms with van der Waals surface area (Å²) in [6.07, 6.45) is 6.02. The van der Waals surface area contributed by atoms with Gasteiger partial charge in [0.15, 0.2) is 6.19 Å². The van der Waals surface area contributed by atoms with Gasteiger partial charge in [-0.25, -0.2) is 0 Å². The molecule has 3 fully saturated rings. The van der Waals surface area contributed by atoms with Gasteiger partial charge in [-0.2, -0.15) is 5.26 Å². The van der Waals surface area contributed by atoms with E-state index in [1.807, 2.05) is 24.0 Å². The Morgan fingerprint density at radius 2 is 2.04 bits per heavy atom. The van der Waals surface area contributed by atoms with Crippen LogP contribution in [-0.4, -0.2) is 42.0 Å². The Morgan fingerprint density at radius 1 is 1.31 bits per heavy atom. The minimum Gasteiger partial charge on any atom is -0.370 e. The van der Waals surface area contributed by atoms with E-state index in [-0.39, 0.29) is 18.0 Å². The van der Waals surface area contributed by atoms with Crippen molar-refractivity contribution < 1.29 is 4.79 Å². The number of amides is 1. The fourth-order valence-electron chi connectivity index (χ4n) is 4.73. The summed E-state index contributed by atoms with van der Waals surface area (Å²) in [6.45, 7) is 3.45. The summed E-state index contributed by atoms with van der Waals surface area (Å²) in [7, 11) is 0. The van der Waals surface area contributed by atoms with Gasteiger partial charge in [-0.1, -0.05) is 23.2 Å². The molecule has 5 nitrogen and oxygen atoms in total. The summed E-state index contributed by atoms with van der Waals surface area (Å²) in [6, 6.07) is 6.05. The Kier molecular flexibility index (Phi) is 4.45. The van der Waals surface area contributed by atoms with Crippen LogP contribution in [0.5, 0.6) is 0 Å². The monoisotopic (exact) mass is 392 g/mol. The zero-order valence-corrected chi connectivity index (χ0v) is 16.2. The van der Waals surface area contributed by atoms with Gasteiger partial charge in [0.2, 0.25) is 5.91 Å². The second-order valence-electron chi connectivity index (χ2n) is 7.98. The molecule has 1 unspecified atom stereocenters. The van der Waals surface area contributed by atoms with Crippen molar-refractivity contribution in [1.29, 1.82) is 5.26 Å². The van der Waals surface area contributed by atoms with E-state index in [4.69, 9.17) is 23.2 Å². The maximum absolute atomic E-state index is 13.0. The summed E-state index contributed by atoms with van der Waals surface area (Å²) in [5, 5.41) is 13.7. The van der Waals surface area contributed by atoms with E-state index >= 15 is 0 Å². The van der Waals surface area contributed by atoms with Crippen molar-refractivity contribution in [3.63, 3.8) is 0 Å². The fourth-order valence-corrected chi connectivity index (χ4v) is 5.25. The first kappa shape index (κ1) is 17.8. The minimum absolute atomic E-state index is 0.0866. The molecule has 0 aromatic heterocycles. The standard InChI is InChI=1S/C19H22Cl2N4O/c1-19(4-5-24(10-19)15-7-12(20)6-13(21)8-15)18(26)23-16-9-14-2-3-17(16)25(14)11-22/h6-8,14,16-17H,2-5,9-10H2,1H3,(H,23,26)/t14-,16+,17+,19?/m0/s1. The molecule has 3 aliphatic rings. The molecule has 26 heavy (non-hydrogen) atoms. The van der Waals surface area contributed by atoms with Crippen molar-refractivity contribution in [1.82, 2.24) is 10.2 Å². The number of benzene rings is 1. The van der Waals surface area contributed by atoms with Crippen LogP contribution in [0, 0.1) is 16.9 Å². The number of nitrogens with zero attached hydrogens (tertiary/aromatic N) is 3. The van der Waals surface area contributed by atoms with Crippen LogP contribution in [0.4, 0.5) is 5.69 Å². The number of anilines is 1. The number of carbonyl (C=O) groups excluding carboxylic acids is 1. The molecule has 1 aromatic carbocycles. The molecule has 138 valence electrons. The third-order valence-corrected chi connectivity index (χ3v) is 6.64. The Morgan fingerprint density at radius 3 is 2.69 bits per heavy atom. The number of rotatable bonds is 3. The van der Waals surface area contributed by atoms with E-state index in [9.17, 15) is 10.1 Å². The number of nitriles is 1. The number of halogens is 2. The molecule has 4 atom stereocenters. The molecule has 3 saturated heterocycles. The van der Waals surface area contributed by atoms with Crippen LogP contribution in [0.25, 0.3) is 0 Å². The molecule has 7 heteroatoms. The molecule has 1 N–H and O–H groups in total. The smallest absolute Gasteiger partial charge is 0.228 e. The average Bonchev–Trinajstić information content (AvgIpc) is 3.26. The molecule has 0 aliphatic carbocycles. The molecule has 0 radical (unpaired) electrons. The Bertz CT molecular complexity index is 759. The number of nitrogens with one attached hydrogen (secondary N) is 1. The van der Waals surface area contributed by atoms with Crippen LogP contribution in [0.3, 0.4) is 0 Å². The SMILES string of the molecule is CC1(C(=O)N[C@@H]2C[C@@H]3CC[C@H]2N3C#N)CCN(c2cc(Cl)cc(Cl)c2)C1. The van der Waals surface area contributed by atoms with Gasteiger partial charge >= 0.3 is 0 Å². The first-order valence-corrected chi connectivity index (χ1v) is 9.85. The Balaban J connectivity index is 1.43. The summed E-state index contributed by atoms with van der Waals surface area (Å²) in [5.41, 5.74) is 0.503. The van der Waals surface area contributed by atoms with Crippen molar-refractivity contribution in [2.24, 2.45) is 5.41 Å². The minimum atomic E-state index is -0.450. The maximum atomic E-state index is 13.0. The predicted octanol–water partition coefficient (Wildman–Crippen LogP) is 3.41. The first-order chi connectivity index (χ1) is 12.4. The largest absolute Gasteiger partial charge is 0.370 e. The average molecular weight is 393 g/mol. The van der Waals surface area contributed by atoms with Gasteiger partial charge in [-0.05, 0) is 50.8 Å². The second-order valence-corrected chi connectivity index (χ2v) is 8.85. The number of hydrogen-bond donors (Lipinski definition) is 1. The number of carbonyl (C=O) groups is 1. The van der Waals surface area contributed by atoms with Gasteiger partial charge in [-0.3, -0.25) is 4.79 Å². The van der Waals surface area contributed by atoms with Crippen molar-refractivity contribution >= 4 is 34.8 Å².